The summed E-state index contributed by atoms with van der Waals surface area (Å²) >= 11 is 1.92. The summed E-state index contributed by atoms with van der Waals surface area (Å²) in [5, 5.41) is 0. The van der Waals surface area contributed by atoms with E-state index in [1.807, 2.05) is 29.8 Å². The van der Waals surface area contributed by atoms with E-state index < -0.39 is 0 Å². The summed E-state index contributed by atoms with van der Waals surface area (Å²) in [5.74, 6) is 0. The molecule has 2 rings (SSSR count). The third-order valence-corrected chi connectivity index (χ3v) is 3.99. The SMILES string of the molecule is C=C.CCCc1sc(-c2cccnc2)cc1CC.CN. The second-order valence-electron chi connectivity index (χ2n) is 3.90. The predicted molar refractivity (Wildman–Crippen MR) is 92.3 cm³/mol. The van der Waals surface area contributed by atoms with Gasteiger partial charge in [0.25, 0.3) is 0 Å². The number of hydrogen-bond donors (Lipinski definition) is 1. The van der Waals surface area contributed by atoms with E-state index in [0.29, 0.717) is 0 Å². The highest BCUT2D eigenvalue weighted by Crippen LogP contribution is 2.32. The highest BCUT2D eigenvalue weighted by atomic mass is 32.1. The maximum absolute atomic E-state index is 4.50. The molecular formula is C17H26N2S. The van der Waals surface area contributed by atoms with Gasteiger partial charge in [-0.15, -0.1) is 24.5 Å². The maximum atomic E-state index is 4.50. The second kappa shape index (κ2) is 11.4. The van der Waals surface area contributed by atoms with E-state index in [1.165, 1.54) is 35.9 Å². The van der Waals surface area contributed by atoms with Crippen LogP contribution in [-0.4, -0.2) is 12.0 Å². The molecule has 0 atom stereocenters. The molecule has 110 valence electrons. The zero-order valence-electron chi connectivity index (χ0n) is 12.9. The molecule has 2 aromatic rings. The largest absolute Gasteiger partial charge is 0.333 e. The van der Waals surface area contributed by atoms with Crippen molar-refractivity contribution in [2.45, 2.75) is 33.1 Å². The van der Waals surface area contributed by atoms with Gasteiger partial charge in [0.1, 0.15) is 0 Å². The molecular weight excluding hydrogens is 264 g/mol. The maximum Gasteiger partial charge on any atom is 0.0363 e. The molecule has 2 N–H and O–H groups in total. The van der Waals surface area contributed by atoms with Gasteiger partial charge in [0, 0.05) is 27.7 Å². The minimum atomic E-state index is 1.13. The monoisotopic (exact) mass is 290 g/mol. The summed E-state index contributed by atoms with van der Waals surface area (Å²) in [4.78, 5) is 7.08. The molecule has 0 fully saturated rings. The number of nitrogens with two attached hydrogens (primary N) is 1. The Kier molecular flexibility index (Phi) is 10.6. The summed E-state index contributed by atoms with van der Waals surface area (Å²) in [5.41, 5.74) is 7.25. The van der Waals surface area contributed by atoms with E-state index >= 15 is 0 Å². The first kappa shape index (κ1) is 18.6. The number of nitrogens with zero attached hydrogens (tertiary/aromatic N) is 1. The van der Waals surface area contributed by atoms with Crippen LogP contribution < -0.4 is 5.73 Å². The minimum Gasteiger partial charge on any atom is -0.333 e. The van der Waals surface area contributed by atoms with Crippen LogP contribution in [0.15, 0.2) is 43.8 Å². The molecule has 0 saturated carbocycles. The molecule has 0 aliphatic heterocycles. The van der Waals surface area contributed by atoms with Crippen LogP contribution in [0.5, 0.6) is 0 Å². The molecule has 20 heavy (non-hydrogen) atoms. The summed E-state index contributed by atoms with van der Waals surface area (Å²) in [6, 6.07) is 6.46. The predicted octanol–water partition coefficient (Wildman–Crippen LogP) is 4.70. The van der Waals surface area contributed by atoms with Gasteiger partial charge in [0.2, 0.25) is 0 Å². The molecule has 0 amide bonds. The Hall–Kier alpha value is -1.45. The van der Waals surface area contributed by atoms with Crippen molar-refractivity contribution >= 4 is 11.3 Å². The van der Waals surface area contributed by atoms with Crippen molar-refractivity contribution < 1.29 is 0 Å². The average Bonchev–Trinajstić information content (AvgIpc) is 2.96. The fourth-order valence-electron chi connectivity index (χ4n) is 1.86. The molecule has 2 heterocycles. The average molecular weight is 290 g/mol. The van der Waals surface area contributed by atoms with Gasteiger partial charge >= 0.3 is 0 Å². The van der Waals surface area contributed by atoms with Gasteiger partial charge < -0.3 is 5.73 Å². The van der Waals surface area contributed by atoms with E-state index in [2.05, 4.69) is 49.9 Å². The smallest absolute Gasteiger partial charge is 0.0363 e. The number of rotatable bonds is 4. The summed E-state index contributed by atoms with van der Waals surface area (Å²) in [6.07, 6.45) is 7.33. The number of pyridine rings is 1. The van der Waals surface area contributed by atoms with E-state index in [1.54, 1.807) is 4.88 Å². The van der Waals surface area contributed by atoms with Crippen LogP contribution in [0.1, 0.15) is 30.7 Å². The first-order chi connectivity index (χ1) is 9.85. The first-order valence-corrected chi connectivity index (χ1v) is 7.76. The Balaban J connectivity index is 0.000000829. The van der Waals surface area contributed by atoms with E-state index in [9.17, 15) is 0 Å². The molecule has 0 aliphatic rings. The van der Waals surface area contributed by atoms with E-state index in [0.717, 1.165) is 6.42 Å². The van der Waals surface area contributed by atoms with Gasteiger partial charge in [0.15, 0.2) is 0 Å². The third kappa shape index (κ3) is 5.27. The Bertz CT molecular complexity index is 463. The zero-order valence-corrected chi connectivity index (χ0v) is 13.7. The van der Waals surface area contributed by atoms with Crippen molar-refractivity contribution in [1.82, 2.24) is 4.98 Å². The van der Waals surface area contributed by atoms with Crippen LogP contribution in [0.3, 0.4) is 0 Å². The fraction of sp³-hybridized carbons (Fsp3) is 0.353. The van der Waals surface area contributed by atoms with Crippen LogP contribution >= 0.6 is 11.3 Å². The van der Waals surface area contributed by atoms with Crippen molar-refractivity contribution in [3.8, 4) is 10.4 Å². The van der Waals surface area contributed by atoms with Gasteiger partial charge in [-0.1, -0.05) is 26.3 Å². The topological polar surface area (TPSA) is 38.9 Å². The van der Waals surface area contributed by atoms with Crippen molar-refractivity contribution in [2.75, 3.05) is 7.05 Å². The lowest BCUT2D eigenvalue weighted by atomic mass is 10.1. The molecule has 3 heteroatoms. The molecule has 0 saturated heterocycles. The van der Waals surface area contributed by atoms with Crippen molar-refractivity contribution in [2.24, 2.45) is 5.73 Å². The minimum absolute atomic E-state index is 1.13. The summed E-state index contributed by atoms with van der Waals surface area (Å²) < 4.78 is 0. The van der Waals surface area contributed by atoms with Crippen LogP contribution in [0.4, 0.5) is 0 Å². The Morgan fingerprint density at radius 2 is 1.95 bits per heavy atom. The molecule has 0 unspecified atom stereocenters. The Morgan fingerprint density at radius 3 is 2.45 bits per heavy atom. The van der Waals surface area contributed by atoms with Crippen LogP contribution in [0.2, 0.25) is 0 Å². The molecule has 0 bridgehead atoms. The Labute approximate surface area is 127 Å². The van der Waals surface area contributed by atoms with Gasteiger partial charge in [-0.25, -0.2) is 0 Å². The van der Waals surface area contributed by atoms with Crippen molar-refractivity contribution in [1.29, 1.82) is 0 Å². The van der Waals surface area contributed by atoms with Gasteiger partial charge in [-0.05, 0) is 37.6 Å². The molecule has 0 aromatic carbocycles. The quantitative estimate of drug-likeness (QED) is 0.829. The lowest BCUT2D eigenvalue weighted by Crippen LogP contribution is -1.83. The van der Waals surface area contributed by atoms with E-state index in [-0.39, 0.29) is 0 Å². The fourth-order valence-corrected chi connectivity index (χ4v) is 3.20. The lowest BCUT2D eigenvalue weighted by molar-refractivity contribution is 0.921. The molecule has 0 spiro atoms. The number of aryl methyl sites for hydroxylation is 2. The van der Waals surface area contributed by atoms with Crippen LogP contribution in [0.25, 0.3) is 10.4 Å². The van der Waals surface area contributed by atoms with Gasteiger partial charge in [-0.3, -0.25) is 4.98 Å². The number of thiophene rings is 1. The molecule has 2 aromatic heterocycles. The highest BCUT2D eigenvalue weighted by Gasteiger charge is 2.08. The molecule has 2 nitrogen and oxygen atoms in total. The van der Waals surface area contributed by atoms with Gasteiger partial charge in [0.05, 0.1) is 0 Å². The van der Waals surface area contributed by atoms with Crippen molar-refractivity contribution in [3.63, 3.8) is 0 Å². The normalized spacial score (nSPS) is 9.00. The number of hydrogen-bond acceptors (Lipinski definition) is 3. The first-order valence-electron chi connectivity index (χ1n) is 6.94. The van der Waals surface area contributed by atoms with Crippen molar-refractivity contribution in [3.05, 3.63) is 54.2 Å². The lowest BCUT2D eigenvalue weighted by Gasteiger charge is -1.96. The summed E-state index contributed by atoms with van der Waals surface area (Å²) in [6.45, 7) is 10.5. The van der Waals surface area contributed by atoms with Crippen LogP contribution in [-0.2, 0) is 12.8 Å². The molecule has 0 radical (unpaired) electrons. The van der Waals surface area contributed by atoms with Gasteiger partial charge in [-0.2, -0.15) is 0 Å². The van der Waals surface area contributed by atoms with E-state index in [4.69, 9.17) is 0 Å². The zero-order chi connectivity index (χ0) is 15.4. The Morgan fingerprint density at radius 1 is 1.25 bits per heavy atom. The standard InChI is InChI=1S/C14H17NS.C2H4.CH5N/c1-3-6-13-11(4-2)9-14(16-13)12-7-5-8-15-10-12;2*1-2/h5,7-10H,3-4,6H2,1-2H3;1-2H2;2H2,1H3. The molecule has 0 aliphatic carbocycles. The third-order valence-electron chi connectivity index (χ3n) is 2.70. The number of aromatic nitrogens is 1. The highest BCUT2D eigenvalue weighted by molar-refractivity contribution is 7.15. The van der Waals surface area contributed by atoms with Crippen LogP contribution in [0, 0.1) is 0 Å². The second-order valence-corrected chi connectivity index (χ2v) is 5.04. The summed E-state index contributed by atoms with van der Waals surface area (Å²) in [7, 11) is 1.50.